The first kappa shape index (κ1) is 18.2. The zero-order valence-corrected chi connectivity index (χ0v) is 16.7. The molecule has 1 fully saturated rings. The quantitative estimate of drug-likeness (QED) is 0.819. The van der Waals surface area contributed by atoms with Crippen LogP contribution < -0.4 is 10.5 Å². The molecule has 1 aromatic heterocycles. The molecule has 5 heteroatoms. The summed E-state index contributed by atoms with van der Waals surface area (Å²) in [5.74, 6) is 0.785. The SMILES string of the molecule is CCc1c(C)nc2n(c1=O)CN(C1CCCCC1)CN2c1cccc(C)c1. The van der Waals surface area contributed by atoms with Gasteiger partial charge in [-0.25, -0.2) is 4.98 Å². The number of rotatable bonds is 3. The largest absolute Gasteiger partial charge is 0.298 e. The van der Waals surface area contributed by atoms with Crippen LogP contribution in [0.4, 0.5) is 11.6 Å². The van der Waals surface area contributed by atoms with Crippen LogP contribution in [-0.4, -0.2) is 27.2 Å². The van der Waals surface area contributed by atoms with Gasteiger partial charge in [-0.1, -0.05) is 38.3 Å². The lowest BCUT2D eigenvalue weighted by Crippen LogP contribution is -2.52. The number of anilines is 2. The van der Waals surface area contributed by atoms with Crippen LogP contribution >= 0.6 is 0 Å². The van der Waals surface area contributed by atoms with Crippen molar-refractivity contribution in [2.45, 2.75) is 72.0 Å². The number of hydrogen-bond donors (Lipinski definition) is 0. The molecule has 1 saturated carbocycles. The molecule has 27 heavy (non-hydrogen) atoms. The Balaban J connectivity index is 1.82. The Morgan fingerprint density at radius 2 is 1.89 bits per heavy atom. The third-order valence-corrected chi connectivity index (χ3v) is 6.09. The molecule has 0 radical (unpaired) electrons. The molecule has 1 aromatic carbocycles. The van der Waals surface area contributed by atoms with Crippen molar-refractivity contribution in [3.8, 4) is 0 Å². The van der Waals surface area contributed by atoms with Crippen LogP contribution in [0.1, 0.15) is 55.8 Å². The van der Waals surface area contributed by atoms with E-state index in [4.69, 9.17) is 4.98 Å². The van der Waals surface area contributed by atoms with Gasteiger partial charge in [0.25, 0.3) is 5.56 Å². The average Bonchev–Trinajstić information content (AvgIpc) is 2.68. The maximum absolute atomic E-state index is 13.2. The van der Waals surface area contributed by atoms with E-state index < -0.39 is 0 Å². The molecular weight excluding hydrogens is 336 g/mol. The number of aromatic nitrogens is 2. The van der Waals surface area contributed by atoms with Crippen LogP contribution in [0.5, 0.6) is 0 Å². The summed E-state index contributed by atoms with van der Waals surface area (Å²) >= 11 is 0. The summed E-state index contributed by atoms with van der Waals surface area (Å²) < 4.78 is 1.90. The Hall–Kier alpha value is -2.14. The monoisotopic (exact) mass is 366 g/mol. The summed E-state index contributed by atoms with van der Waals surface area (Å²) in [6.45, 7) is 7.56. The van der Waals surface area contributed by atoms with E-state index in [2.05, 4.69) is 41.0 Å². The average molecular weight is 367 g/mol. The lowest BCUT2D eigenvalue weighted by atomic mass is 9.94. The Kier molecular flexibility index (Phi) is 5.04. The standard InChI is InChI=1S/C22H30N4O/c1-4-20-17(3)23-22-25(19-12-8-9-16(2)13-19)14-24(15-26(22)21(20)27)18-10-6-5-7-11-18/h8-9,12-13,18H,4-7,10-11,14-15H2,1-3H3. The van der Waals surface area contributed by atoms with Crippen molar-refractivity contribution in [3.63, 3.8) is 0 Å². The Labute approximate surface area is 161 Å². The van der Waals surface area contributed by atoms with E-state index in [9.17, 15) is 4.79 Å². The molecule has 4 rings (SSSR count). The van der Waals surface area contributed by atoms with Crippen molar-refractivity contribution >= 4 is 11.6 Å². The molecule has 0 N–H and O–H groups in total. The fourth-order valence-corrected chi connectivity index (χ4v) is 4.57. The number of fused-ring (bicyclic) bond motifs is 1. The maximum atomic E-state index is 13.2. The van der Waals surface area contributed by atoms with Gasteiger partial charge in [-0.15, -0.1) is 0 Å². The van der Waals surface area contributed by atoms with E-state index >= 15 is 0 Å². The van der Waals surface area contributed by atoms with Gasteiger partial charge in [-0.2, -0.15) is 0 Å². The second-order valence-corrected chi connectivity index (χ2v) is 7.99. The molecule has 1 aliphatic carbocycles. The minimum Gasteiger partial charge on any atom is -0.298 e. The van der Waals surface area contributed by atoms with Gasteiger partial charge in [0, 0.05) is 23.0 Å². The van der Waals surface area contributed by atoms with E-state index in [0.29, 0.717) is 12.7 Å². The van der Waals surface area contributed by atoms with Crippen molar-refractivity contribution in [1.29, 1.82) is 0 Å². The van der Waals surface area contributed by atoms with E-state index in [1.54, 1.807) is 0 Å². The summed E-state index contributed by atoms with van der Waals surface area (Å²) in [5, 5.41) is 0. The Bertz CT molecular complexity index is 882. The molecule has 0 saturated heterocycles. The van der Waals surface area contributed by atoms with E-state index in [1.807, 2.05) is 18.4 Å². The smallest absolute Gasteiger partial charge is 0.259 e. The molecule has 2 aromatic rings. The van der Waals surface area contributed by atoms with Crippen molar-refractivity contribution in [3.05, 3.63) is 51.4 Å². The van der Waals surface area contributed by atoms with Gasteiger partial charge in [0.05, 0.1) is 13.3 Å². The van der Waals surface area contributed by atoms with Crippen LogP contribution in [0.15, 0.2) is 29.1 Å². The van der Waals surface area contributed by atoms with Gasteiger partial charge in [-0.05, 0) is 50.8 Å². The first-order valence-corrected chi connectivity index (χ1v) is 10.3. The molecule has 0 bridgehead atoms. The topological polar surface area (TPSA) is 41.4 Å². The summed E-state index contributed by atoms with van der Waals surface area (Å²) in [7, 11) is 0. The van der Waals surface area contributed by atoms with Gasteiger partial charge in [0.1, 0.15) is 0 Å². The van der Waals surface area contributed by atoms with Crippen LogP contribution in [-0.2, 0) is 13.1 Å². The van der Waals surface area contributed by atoms with Crippen LogP contribution in [0.25, 0.3) is 0 Å². The predicted octanol–water partition coefficient (Wildman–Crippen LogP) is 4.12. The molecule has 0 atom stereocenters. The minimum atomic E-state index is 0.123. The van der Waals surface area contributed by atoms with E-state index in [-0.39, 0.29) is 5.56 Å². The zero-order chi connectivity index (χ0) is 19.0. The molecule has 2 aliphatic rings. The zero-order valence-electron chi connectivity index (χ0n) is 16.7. The van der Waals surface area contributed by atoms with Crippen LogP contribution in [0.3, 0.4) is 0 Å². The van der Waals surface area contributed by atoms with E-state index in [0.717, 1.165) is 36.0 Å². The summed E-state index contributed by atoms with van der Waals surface area (Å²) in [6.07, 6.45) is 7.10. The normalized spacial score (nSPS) is 18.6. The second-order valence-electron chi connectivity index (χ2n) is 7.99. The first-order chi connectivity index (χ1) is 13.1. The highest BCUT2D eigenvalue weighted by Gasteiger charge is 2.31. The summed E-state index contributed by atoms with van der Waals surface area (Å²) in [4.78, 5) is 22.8. The van der Waals surface area contributed by atoms with Gasteiger partial charge >= 0.3 is 0 Å². The third-order valence-electron chi connectivity index (χ3n) is 6.09. The van der Waals surface area contributed by atoms with Crippen molar-refractivity contribution in [1.82, 2.24) is 14.5 Å². The highest BCUT2D eigenvalue weighted by Crippen LogP contribution is 2.32. The van der Waals surface area contributed by atoms with Crippen LogP contribution in [0.2, 0.25) is 0 Å². The predicted molar refractivity (Wildman–Crippen MR) is 110 cm³/mol. The number of aryl methyl sites for hydroxylation is 2. The summed E-state index contributed by atoms with van der Waals surface area (Å²) in [6, 6.07) is 9.05. The molecule has 1 aliphatic heterocycles. The minimum absolute atomic E-state index is 0.123. The van der Waals surface area contributed by atoms with Gasteiger partial charge < -0.3 is 0 Å². The molecule has 144 valence electrons. The molecule has 5 nitrogen and oxygen atoms in total. The third kappa shape index (κ3) is 3.41. The van der Waals surface area contributed by atoms with Gasteiger partial charge in [0.15, 0.2) is 0 Å². The first-order valence-electron chi connectivity index (χ1n) is 10.3. The molecular formula is C22H30N4O. The number of nitrogens with zero attached hydrogens (tertiary/aromatic N) is 4. The lowest BCUT2D eigenvalue weighted by Gasteiger charge is -2.43. The highest BCUT2D eigenvalue weighted by molar-refractivity contribution is 5.59. The van der Waals surface area contributed by atoms with Crippen molar-refractivity contribution < 1.29 is 0 Å². The number of benzene rings is 1. The Morgan fingerprint density at radius 1 is 1.11 bits per heavy atom. The second kappa shape index (κ2) is 7.47. The number of hydrogen-bond acceptors (Lipinski definition) is 4. The fraction of sp³-hybridized carbons (Fsp3) is 0.545. The van der Waals surface area contributed by atoms with Crippen molar-refractivity contribution in [2.75, 3.05) is 11.6 Å². The molecule has 2 heterocycles. The Morgan fingerprint density at radius 3 is 2.59 bits per heavy atom. The van der Waals surface area contributed by atoms with Crippen molar-refractivity contribution in [2.24, 2.45) is 0 Å². The lowest BCUT2D eigenvalue weighted by molar-refractivity contribution is 0.107. The molecule has 0 spiro atoms. The molecule has 0 amide bonds. The van der Waals surface area contributed by atoms with E-state index in [1.165, 1.54) is 37.7 Å². The van der Waals surface area contributed by atoms with Crippen LogP contribution in [0, 0.1) is 13.8 Å². The maximum Gasteiger partial charge on any atom is 0.259 e. The molecule has 0 unspecified atom stereocenters. The summed E-state index contributed by atoms with van der Waals surface area (Å²) in [5.41, 5.74) is 4.15. The highest BCUT2D eigenvalue weighted by atomic mass is 16.1. The fourth-order valence-electron chi connectivity index (χ4n) is 4.57. The van der Waals surface area contributed by atoms with Gasteiger partial charge in [-0.3, -0.25) is 19.2 Å². The van der Waals surface area contributed by atoms with Gasteiger partial charge in [0.2, 0.25) is 5.95 Å².